The molecule has 1 rings (SSSR count). The first kappa shape index (κ1) is 13.7. The van der Waals surface area contributed by atoms with Crippen molar-refractivity contribution in [3.63, 3.8) is 0 Å². The molecule has 0 aliphatic heterocycles. The zero-order valence-electron chi connectivity index (χ0n) is 9.76. The van der Waals surface area contributed by atoms with Crippen LogP contribution in [-0.4, -0.2) is 30.2 Å². The van der Waals surface area contributed by atoms with Gasteiger partial charge in [0.15, 0.2) is 0 Å². The summed E-state index contributed by atoms with van der Waals surface area (Å²) in [6.07, 6.45) is 3.19. The van der Waals surface area contributed by atoms with E-state index in [1.807, 2.05) is 0 Å². The molecule has 1 fully saturated rings. The van der Waals surface area contributed by atoms with Gasteiger partial charge in [0.1, 0.15) is 6.10 Å². The summed E-state index contributed by atoms with van der Waals surface area (Å²) in [5.74, 6) is -0.175. The summed E-state index contributed by atoms with van der Waals surface area (Å²) in [7, 11) is 0. The number of rotatable bonds is 6. The summed E-state index contributed by atoms with van der Waals surface area (Å²) >= 11 is 0. The highest BCUT2D eigenvalue weighted by molar-refractivity contribution is 5.76. The van der Waals surface area contributed by atoms with Crippen molar-refractivity contribution in [1.29, 1.82) is 0 Å². The highest BCUT2D eigenvalue weighted by Gasteiger charge is 2.29. The van der Waals surface area contributed by atoms with Gasteiger partial charge in [0.2, 0.25) is 5.91 Å². The Balaban J connectivity index is 2.41. The average molecular weight is 245 g/mol. The molecule has 0 aromatic rings. The van der Waals surface area contributed by atoms with Crippen molar-refractivity contribution in [1.82, 2.24) is 5.32 Å². The van der Waals surface area contributed by atoms with Crippen molar-refractivity contribution in [3.8, 4) is 0 Å². The highest BCUT2D eigenvalue weighted by atomic mass is 17.0. The maximum atomic E-state index is 11.5. The molecule has 1 saturated carbocycles. The fourth-order valence-electron chi connectivity index (χ4n) is 2.18. The summed E-state index contributed by atoms with van der Waals surface area (Å²) in [5.41, 5.74) is 5.27. The molecule has 0 radical (unpaired) electrons. The molecule has 3 N–H and O–H groups in total. The van der Waals surface area contributed by atoms with Crippen LogP contribution in [0.5, 0.6) is 0 Å². The van der Waals surface area contributed by atoms with Crippen LogP contribution in [0.2, 0.25) is 0 Å². The molecule has 0 aromatic heterocycles. The van der Waals surface area contributed by atoms with Crippen LogP contribution in [0.25, 0.3) is 0 Å². The molecular formula is C10H19N3O4. The fraction of sp³-hybridized carbons (Fsp3) is 0.900. The number of hydrogen-bond acceptors (Lipinski definition) is 5. The van der Waals surface area contributed by atoms with E-state index in [4.69, 9.17) is 5.73 Å². The molecule has 0 spiro atoms. The molecule has 0 heterocycles. The molecule has 2 unspecified atom stereocenters. The lowest BCUT2D eigenvalue weighted by molar-refractivity contribution is -0.771. The maximum Gasteiger partial charge on any atom is 0.294 e. The number of carbonyl (C=O) groups excluding carboxylic acids is 1. The highest BCUT2D eigenvalue weighted by Crippen LogP contribution is 2.29. The van der Waals surface area contributed by atoms with Crippen LogP contribution in [0.4, 0.5) is 0 Å². The molecule has 0 saturated heterocycles. The van der Waals surface area contributed by atoms with E-state index in [1.165, 1.54) is 0 Å². The number of hydrogen-bond donors (Lipinski definition) is 2. The minimum Gasteiger partial charge on any atom is -0.355 e. The lowest BCUT2D eigenvalue weighted by Gasteiger charge is -2.29. The van der Waals surface area contributed by atoms with Gasteiger partial charge in [0, 0.05) is 19.5 Å². The van der Waals surface area contributed by atoms with E-state index in [1.54, 1.807) is 0 Å². The van der Waals surface area contributed by atoms with Gasteiger partial charge in [-0.1, -0.05) is 12.8 Å². The predicted molar refractivity (Wildman–Crippen MR) is 60.5 cm³/mol. The van der Waals surface area contributed by atoms with Crippen LogP contribution in [0.15, 0.2) is 0 Å². The van der Waals surface area contributed by atoms with Crippen LogP contribution < -0.4 is 11.1 Å². The van der Waals surface area contributed by atoms with Gasteiger partial charge >= 0.3 is 0 Å². The van der Waals surface area contributed by atoms with Crippen LogP contribution in [0.3, 0.4) is 0 Å². The number of amides is 1. The van der Waals surface area contributed by atoms with Crippen molar-refractivity contribution in [2.45, 2.75) is 38.2 Å². The fourth-order valence-corrected chi connectivity index (χ4v) is 2.18. The van der Waals surface area contributed by atoms with Gasteiger partial charge in [-0.15, -0.1) is 10.1 Å². The Morgan fingerprint density at radius 2 is 2.18 bits per heavy atom. The maximum absolute atomic E-state index is 11.5. The Kier molecular flexibility index (Phi) is 5.68. The molecule has 1 aliphatic rings. The lowest BCUT2D eigenvalue weighted by atomic mass is 9.84. The van der Waals surface area contributed by atoms with Crippen LogP contribution in [-0.2, 0) is 9.63 Å². The third-order valence-electron chi connectivity index (χ3n) is 2.97. The van der Waals surface area contributed by atoms with Gasteiger partial charge in [-0.05, 0) is 18.8 Å². The molecule has 0 bridgehead atoms. The molecule has 7 heteroatoms. The van der Waals surface area contributed by atoms with Gasteiger partial charge in [-0.3, -0.25) is 4.79 Å². The van der Waals surface area contributed by atoms with Crippen LogP contribution in [0, 0.1) is 16.0 Å². The van der Waals surface area contributed by atoms with E-state index >= 15 is 0 Å². The second kappa shape index (κ2) is 7.05. The summed E-state index contributed by atoms with van der Waals surface area (Å²) in [6, 6.07) is 0. The molecule has 98 valence electrons. The largest absolute Gasteiger partial charge is 0.355 e. The SMILES string of the molecule is NCCNC(=O)CC1CCCCC1O[N+](=O)[O-]. The van der Waals surface area contributed by atoms with E-state index in [-0.39, 0.29) is 18.2 Å². The Labute approximate surface area is 99.8 Å². The quantitative estimate of drug-likeness (QED) is 0.514. The van der Waals surface area contributed by atoms with Gasteiger partial charge < -0.3 is 15.9 Å². The molecule has 2 atom stereocenters. The zero-order chi connectivity index (χ0) is 12.7. The van der Waals surface area contributed by atoms with E-state index < -0.39 is 11.2 Å². The Bertz CT molecular complexity index is 272. The number of nitrogens with two attached hydrogens (primary N) is 1. The summed E-state index contributed by atoms with van der Waals surface area (Å²) < 4.78 is 0. The molecule has 1 amide bonds. The smallest absolute Gasteiger partial charge is 0.294 e. The molecule has 17 heavy (non-hydrogen) atoms. The predicted octanol–water partition coefficient (Wildman–Crippen LogP) is 0.218. The second-order valence-electron chi connectivity index (χ2n) is 4.25. The normalized spacial score (nSPS) is 24.1. The van der Waals surface area contributed by atoms with E-state index in [0.717, 1.165) is 19.3 Å². The van der Waals surface area contributed by atoms with Gasteiger partial charge in [-0.25, -0.2) is 0 Å². The minimum absolute atomic E-state index is 0.0630. The van der Waals surface area contributed by atoms with Crippen molar-refractivity contribution in [2.75, 3.05) is 13.1 Å². The van der Waals surface area contributed by atoms with Crippen molar-refractivity contribution in [2.24, 2.45) is 11.7 Å². The summed E-state index contributed by atoms with van der Waals surface area (Å²) in [5, 5.41) is 12.2. The van der Waals surface area contributed by atoms with E-state index in [2.05, 4.69) is 10.2 Å². The standard InChI is InChI=1S/C10H19N3O4/c11-5-6-12-10(14)7-8-3-1-2-4-9(8)17-13(15)16/h8-9H,1-7,11H2,(H,12,14). The third-order valence-corrected chi connectivity index (χ3v) is 2.97. The van der Waals surface area contributed by atoms with Crippen LogP contribution >= 0.6 is 0 Å². The van der Waals surface area contributed by atoms with Crippen molar-refractivity contribution in [3.05, 3.63) is 10.1 Å². The monoisotopic (exact) mass is 245 g/mol. The van der Waals surface area contributed by atoms with Crippen LogP contribution in [0.1, 0.15) is 32.1 Å². The van der Waals surface area contributed by atoms with E-state index in [9.17, 15) is 14.9 Å². The average Bonchev–Trinajstić information content (AvgIpc) is 2.28. The van der Waals surface area contributed by atoms with Crippen molar-refractivity contribution < 1.29 is 14.7 Å². The first-order valence-corrected chi connectivity index (χ1v) is 5.91. The Morgan fingerprint density at radius 1 is 1.47 bits per heavy atom. The molecule has 1 aliphatic carbocycles. The summed E-state index contributed by atoms with van der Waals surface area (Å²) in [4.78, 5) is 26.5. The topological polar surface area (TPSA) is 107 Å². The first-order chi connectivity index (χ1) is 8.13. The lowest BCUT2D eigenvalue weighted by Crippen LogP contribution is -2.36. The van der Waals surface area contributed by atoms with Crippen molar-refractivity contribution >= 4 is 5.91 Å². The molecule has 7 nitrogen and oxygen atoms in total. The summed E-state index contributed by atoms with van der Waals surface area (Å²) in [6.45, 7) is 0.831. The zero-order valence-corrected chi connectivity index (χ0v) is 9.76. The number of carbonyl (C=O) groups is 1. The molecule has 0 aromatic carbocycles. The second-order valence-corrected chi connectivity index (χ2v) is 4.25. The molecular weight excluding hydrogens is 226 g/mol. The van der Waals surface area contributed by atoms with E-state index in [0.29, 0.717) is 19.5 Å². The minimum atomic E-state index is -0.763. The Morgan fingerprint density at radius 3 is 2.82 bits per heavy atom. The first-order valence-electron chi connectivity index (χ1n) is 5.91. The third kappa shape index (κ3) is 4.99. The number of nitrogens with zero attached hydrogens (tertiary/aromatic N) is 1. The van der Waals surface area contributed by atoms with Gasteiger partial charge in [0.25, 0.3) is 5.09 Å². The van der Waals surface area contributed by atoms with Gasteiger partial charge in [-0.2, -0.15) is 0 Å². The van der Waals surface area contributed by atoms with Gasteiger partial charge in [0.05, 0.1) is 0 Å². The number of nitrogens with one attached hydrogen (secondary N) is 1. The Hall–Kier alpha value is -1.37.